The quantitative estimate of drug-likeness (QED) is 0.601. The Labute approximate surface area is 92.6 Å². The molecule has 0 saturated carbocycles. The summed E-state index contributed by atoms with van der Waals surface area (Å²) in [7, 11) is -4.00. The van der Waals surface area contributed by atoms with Crippen LogP contribution in [0.15, 0.2) is 29.2 Å². The molecule has 0 aromatic heterocycles. The van der Waals surface area contributed by atoms with Gasteiger partial charge in [-0.05, 0) is 6.07 Å². The van der Waals surface area contributed by atoms with E-state index in [1.807, 2.05) is 0 Å². The van der Waals surface area contributed by atoms with Crippen LogP contribution >= 0.6 is 0 Å². The number of rotatable bonds is 3. The molecule has 0 radical (unpaired) electrons. The zero-order valence-electron chi connectivity index (χ0n) is 8.11. The SMILES string of the molecule is N#CC(O)C(O)c1ccccc1S(N)(=O)=O. The normalized spacial score (nSPS) is 15.1. The lowest BCUT2D eigenvalue weighted by atomic mass is 10.1. The minimum atomic E-state index is -4.00. The number of nitriles is 1. The topological polar surface area (TPSA) is 124 Å². The van der Waals surface area contributed by atoms with E-state index in [2.05, 4.69) is 0 Å². The van der Waals surface area contributed by atoms with Crippen LogP contribution in [-0.4, -0.2) is 24.7 Å². The summed E-state index contributed by atoms with van der Waals surface area (Å²) in [5.74, 6) is 0. The van der Waals surface area contributed by atoms with Gasteiger partial charge in [0.1, 0.15) is 6.10 Å². The molecule has 0 heterocycles. The van der Waals surface area contributed by atoms with E-state index in [-0.39, 0.29) is 10.5 Å². The molecule has 0 spiro atoms. The Balaban J connectivity index is 3.31. The molecule has 0 fully saturated rings. The minimum Gasteiger partial charge on any atom is -0.385 e. The van der Waals surface area contributed by atoms with E-state index >= 15 is 0 Å². The summed E-state index contributed by atoms with van der Waals surface area (Å²) in [6.45, 7) is 0. The van der Waals surface area contributed by atoms with E-state index < -0.39 is 22.2 Å². The van der Waals surface area contributed by atoms with Crippen molar-refractivity contribution in [3.8, 4) is 6.07 Å². The van der Waals surface area contributed by atoms with E-state index in [1.165, 1.54) is 30.3 Å². The molecule has 0 amide bonds. The molecule has 16 heavy (non-hydrogen) atoms. The predicted molar refractivity (Wildman–Crippen MR) is 54.4 cm³/mol. The van der Waals surface area contributed by atoms with E-state index in [9.17, 15) is 13.5 Å². The number of aliphatic hydroxyl groups excluding tert-OH is 2. The van der Waals surface area contributed by atoms with Crippen LogP contribution in [0.2, 0.25) is 0 Å². The van der Waals surface area contributed by atoms with Crippen LogP contribution in [0.5, 0.6) is 0 Å². The Morgan fingerprint density at radius 3 is 2.38 bits per heavy atom. The predicted octanol–water partition coefficient (Wildman–Crippen LogP) is -0.748. The molecule has 4 N–H and O–H groups in total. The molecule has 0 aliphatic rings. The lowest BCUT2D eigenvalue weighted by Crippen LogP contribution is -2.21. The van der Waals surface area contributed by atoms with Crippen molar-refractivity contribution in [2.45, 2.75) is 17.1 Å². The van der Waals surface area contributed by atoms with E-state index in [0.717, 1.165) is 0 Å². The van der Waals surface area contributed by atoms with Gasteiger partial charge in [0.15, 0.2) is 6.10 Å². The second-order valence-corrected chi connectivity index (χ2v) is 4.63. The third kappa shape index (κ3) is 2.56. The van der Waals surface area contributed by atoms with Crippen LogP contribution in [0.4, 0.5) is 0 Å². The lowest BCUT2D eigenvalue weighted by Gasteiger charge is -2.14. The first kappa shape index (κ1) is 12.6. The molecule has 6 nitrogen and oxygen atoms in total. The molecule has 2 atom stereocenters. The average Bonchev–Trinajstić information content (AvgIpc) is 2.26. The van der Waals surface area contributed by atoms with Crippen molar-refractivity contribution in [1.29, 1.82) is 5.26 Å². The van der Waals surface area contributed by atoms with Crippen molar-refractivity contribution in [3.05, 3.63) is 29.8 Å². The van der Waals surface area contributed by atoms with Crippen LogP contribution in [-0.2, 0) is 10.0 Å². The van der Waals surface area contributed by atoms with E-state index in [1.54, 1.807) is 0 Å². The number of hydrogen-bond acceptors (Lipinski definition) is 5. The Morgan fingerprint density at radius 2 is 1.88 bits per heavy atom. The van der Waals surface area contributed by atoms with Crippen LogP contribution < -0.4 is 5.14 Å². The number of sulfonamides is 1. The summed E-state index contributed by atoms with van der Waals surface area (Å²) in [5, 5.41) is 32.0. The first-order valence-corrected chi connectivity index (χ1v) is 5.80. The molecule has 1 aromatic rings. The van der Waals surface area contributed by atoms with Crippen molar-refractivity contribution >= 4 is 10.0 Å². The van der Waals surface area contributed by atoms with Gasteiger partial charge in [-0.2, -0.15) is 5.26 Å². The monoisotopic (exact) mass is 242 g/mol. The largest absolute Gasteiger partial charge is 0.385 e. The molecule has 86 valence electrons. The summed E-state index contributed by atoms with van der Waals surface area (Å²) in [6.07, 6.45) is -3.32. The fraction of sp³-hybridized carbons (Fsp3) is 0.222. The number of benzene rings is 1. The Kier molecular flexibility index (Phi) is 3.62. The molecule has 1 rings (SSSR count). The van der Waals surface area contributed by atoms with Crippen LogP contribution in [0.25, 0.3) is 0 Å². The summed E-state index contributed by atoms with van der Waals surface area (Å²) in [6, 6.07) is 6.78. The molecule has 0 bridgehead atoms. The summed E-state index contributed by atoms with van der Waals surface area (Å²) < 4.78 is 22.3. The molecule has 1 aromatic carbocycles. The molecule has 0 saturated heterocycles. The maximum atomic E-state index is 11.2. The lowest BCUT2D eigenvalue weighted by molar-refractivity contribution is 0.0509. The third-order valence-corrected chi connectivity index (χ3v) is 2.96. The van der Waals surface area contributed by atoms with Crippen LogP contribution in [0, 0.1) is 11.3 Å². The van der Waals surface area contributed by atoms with Crippen molar-refractivity contribution in [1.82, 2.24) is 0 Å². The summed E-state index contributed by atoms with van der Waals surface area (Å²) >= 11 is 0. The number of aliphatic hydroxyl groups is 2. The minimum absolute atomic E-state index is 0.0981. The number of nitrogens with zero attached hydrogens (tertiary/aromatic N) is 1. The number of nitrogens with two attached hydrogens (primary N) is 1. The van der Waals surface area contributed by atoms with Gasteiger partial charge in [-0.1, -0.05) is 18.2 Å². The first-order valence-electron chi connectivity index (χ1n) is 4.25. The summed E-state index contributed by atoms with van der Waals surface area (Å²) in [5.41, 5.74) is -0.0981. The van der Waals surface area contributed by atoms with Gasteiger partial charge in [0.25, 0.3) is 0 Å². The van der Waals surface area contributed by atoms with Gasteiger partial charge < -0.3 is 10.2 Å². The van der Waals surface area contributed by atoms with Gasteiger partial charge in [-0.15, -0.1) is 0 Å². The second kappa shape index (κ2) is 4.59. The van der Waals surface area contributed by atoms with Gasteiger partial charge in [-0.25, -0.2) is 13.6 Å². The standard InChI is InChI=1S/C9H10N2O4S/c10-5-7(12)9(13)6-3-1-2-4-8(6)16(11,14)15/h1-4,7,9,12-13H,(H2,11,14,15). The maximum Gasteiger partial charge on any atom is 0.238 e. The van der Waals surface area contributed by atoms with E-state index in [4.69, 9.17) is 15.5 Å². The van der Waals surface area contributed by atoms with Gasteiger partial charge in [0, 0.05) is 5.56 Å². The van der Waals surface area contributed by atoms with Gasteiger partial charge in [-0.3, -0.25) is 0 Å². The highest BCUT2D eigenvalue weighted by atomic mass is 32.2. The van der Waals surface area contributed by atoms with Crippen molar-refractivity contribution < 1.29 is 18.6 Å². The van der Waals surface area contributed by atoms with Gasteiger partial charge in [0.2, 0.25) is 10.0 Å². The first-order chi connectivity index (χ1) is 7.38. The zero-order valence-corrected chi connectivity index (χ0v) is 8.92. The van der Waals surface area contributed by atoms with E-state index in [0.29, 0.717) is 0 Å². The highest BCUT2D eigenvalue weighted by molar-refractivity contribution is 7.89. The molecular weight excluding hydrogens is 232 g/mol. The van der Waals surface area contributed by atoms with Crippen LogP contribution in [0.1, 0.15) is 11.7 Å². The highest BCUT2D eigenvalue weighted by Crippen LogP contribution is 2.23. The average molecular weight is 242 g/mol. The molecule has 0 aliphatic carbocycles. The third-order valence-electron chi connectivity index (χ3n) is 1.98. The Hall–Kier alpha value is -1.46. The molecule has 7 heteroatoms. The Bertz CT molecular complexity index is 521. The smallest absolute Gasteiger partial charge is 0.238 e. The fourth-order valence-corrected chi connectivity index (χ4v) is 2.01. The van der Waals surface area contributed by atoms with Gasteiger partial charge >= 0.3 is 0 Å². The Morgan fingerprint density at radius 1 is 1.31 bits per heavy atom. The van der Waals surface area contributed by atoms with Crippen LogP contribution in [0.3, 0.4) is 0 Å². The fourth-order valence-electron chi connectivity index (χ4n) is 1.22. The van der Waals surface area contributed by atoms with Crippen molar-refractivity contribution in [3.63, 3.8) is 0 Å². The van der Waals surface area contributed by atoms with Crippen molar-refractivity contribution in [2.75, 3.05) is 0 Å². The second-order valence-electron chi connectivity index (χ2n) is 3.10. The van der Waals surface area contributed by atoms with Gasteiger partial charge in [0.05, 0.1) is 11.0 Å². The maximum absolute atomic E-state index is 11.2. The summed E-state index contributed by atoms with van der Waals surface area (Å²) in [4.78, 5) is -0.309. The highest BCUT2D eigenvalue weighted by Gasteiger charge is 2.24. The zero-order chi connectivity index (χ0) is 12.3. The number of hydrogen-bond donors (Lipinski definition) is 3. The van der Waals surface area contributed by atoms with Crippen molar-refractivity contribution in [2.24, 2.45) is 5.14 Å². The molecular formula is C9H10N2O4S. The molecule has 0 aliphatic heterocycles. The number of primary sulfonamides is 1. The molecule has 2 unspecified atom stereocenters.